The molecule has 0 unspecified atom stereocenters. The van der Waals surface area contributed by atoms with Crippen molar-refractivity contribution in [2.75, 3.05) is 0 Å². The van der Waals surface area contributed by atoms with E-state index in [1.54, 1.807) is 13.0 Å². The van der Waals surface area contributed by atoms with Gasteiger partial charge in [0.1, 0.15) is 12.4 Å². The molecule has 0 atom stereocenters. The van der Waals surface area contributed by atoms with Gasteiger partial charge in [0, 0.05) is 6.07 Å². The number of rotatable bonds is 6. The molecule has 0 fully saturated rings. The summed E-state index contributed by atoms with van der Waals surface area (Å²) in [7, 11) is 0. The first-order chi connectivity index (χ1) is 10.5. The third kappa shape index (κ3) is 3.85. The summed E-state index contributed by atoms with van der Waals surface area (Å²) in [4.78, 5) is 10.8. The van der Waals surface area contributed by atoms with Crippen LogP contribution in [0.2, 0.25) is 0 Å². The molecule has 0 aliphatic heterocycles. The van der Waals surface area contributed by atoms with Crippen LogP contribution in [-0.4, -0.2) is 4.92 Å². The Hall–Kier alpha value is -2.36. The van der Waals surface area contributed by atoms with Crippen LogP contribution in [0, 0.1) is 23.0 Å². The van der Waals surface area contributed by atoms with Crippen LogP contribution >= 0.6 is 0 Å². The summed E-state index contributed by atoms with van der Waals surface area (Å²) in [5, 5.41) is 11.1. The van der Waals surface area contributed by atoms with Crippen LogP contribution in [0.25, 0.3) is 0 Å². The molecule has 0 saturated carbocycles. The fourth-order valence-electron chi connectivity index (χ4n) is 2.47. The number of nitro groups is 1. The lowest BCUT2D eigenvalue weighted by atomic mass is 9.99. The van der Waals surface area contributed by atoms with Gasteiger partial charge in [-0.15, -0.1) is 0 Å². The Balaban J connectivity index is 2.32. The molecular formula is C18H21NO3. The van der Waals surface area contributed by atoms with Crippen molar-refractivity contribution in [2.45, 2.75) is 33.8 Å². The number of benzene rings is 2. The van der Waals surface area contributed by atoms with E-state index >= 15 is 0 Å². The van der Waals surface area contributed by atoms with Crippen LogP contribution in [0.15, 0.2) is 42.5 Å². The van der Waals surface area contributed by atoms with Gasteiger partial charge in [0.05, 0.1) is 10.5 Å². The van der Waals surface area contributed by atoms with Crippen molar-refractivity contribution >= 4 is 5.69 Å². The van der Waals surface area contributed by atoms with Gasteiger partial charge in [-0.2, -0.15) is 0 Å². The average molecular weight is 299 g/mol. The SMILES string of the molecule is Cc1c([N+](=O)[O-])ccc(CC(C)C)c1OCc1ccccc1. The minimum atomic E-state index is -0.357. The van der Waals surface area contributed by atoms with Crippen molar-refractivity contribution in [1.29, 1.82) is 0 Å². The third-order valence-electron chi connectivity index (χ3n) is 3.51. The molecule has 116 valence electrons. The van der Waals surface area contributed by atoms with Gasteiger partial charge in [-0.05, 0) is 36.5 Å². The zero-order valence-corrected chi connectivity index (χ0v) is 13.2. The standard InChI is InChI=1S/C18H21NO3/c1-13(2)11-16-9-10-17(19(20)21)14(3)18(16)22-12-15-7-5-4-6-8-15/h4-10,13H,11-12H2,1-3H3. The molecule has 0 saturated heterocycles. The van der Waals surface area contributed by atoms with Crippen molar-refractivity contribution in [2.24, 2.45) is 5.92 Å². The zero-order valence-electron chi connectivity index (χ0n) is 13.2. The summed E-state index contributed by atoms with van der Waals surface area (Å²) < 4.78 is 5.94. The summed E-state index contributed by atoms with van der Waals surface area (Å²) in [6.07, 6.45) is 0.836. The Kier molecular flexibility index (Phi) is 5.15. The van der Waals surface area contributed by atoms with Crippen LogP contribution in [0.3, 0.4) is 0 Å². The molecular weight excluding hydrogens is 278 g/mol. The van der Waals surface area contributed by atoms with E-state index in [4.69, 9.17) is 4.74 Å². The van der Waals surface area contributed by atoms with E-state index in [0.29, 0.717) is 23.8 Å². The second-order valence-electron chi connectivity index (χ2n) is 5.83. The number of nitrogens with zero attached hydrogens (tertiary/aromatic N) is 1. The number of hydrogen-bond acceptors (Lipinski definition) is 3. The Morgan fingerprint density at radius 1 is 1.14 bits per heavy atom. The van der Waals surface area contributed by atoms with E-state index in [1.165, 1.54) is 0 Å². The van der Waals surface area contributed by atoms with Gasteiger partial charge in [0.15, 0.2) is 0 Å². The van der Waals surface area contributed by atoms with Crippen LogP contribution < -0.4 is 4.74 Å². The zero-order chi connectivity index (χ0) is 16.1. The smallest absolute Gasteiger partial charge is 0.276 e. The first kappa shape index (κ1) is 16.0. The van der Waals surface area contributed by atoms with Crippen molar-refractivity contribution in [3.63, 3.8) is 0 Å². The molecule has 0 bridgehead atoms. The lowest BCUT2D eigenvalue weighted by Crippen LogP contribution is -2.05. The summed E-state index contributed by atoms with van der Waals surface area (Å²) in [5.74, 6) is 1.10. The highest BCUT2D eigenvalue weighted by Crippen LogP contribution is 2.33. The molecule has 0 aliphatic carbocycles. The molecule has 0 N–H and O–H groups in total. The second-order valence-corrected chi connectivity index (χ2v) is 5.83. The highest BCUT2D eigenvalue weighted by molar-refractivity contribution is 5.53. The summed E-state index contributed by atoms with van der Waals surface area (Å²) in [5.41, 5.74) is 2.77. The molecule has 0 amide bonds. The Bertz CT molecular complexity index is 651. The summed E-state index contributed by atoms with van der Waals surface area (Å²) >= 11 is 0. The van der Waals surface area contributed by atoms with Crippen LogP contribution in [0.4, 0.5) is 5.69 Å². The van der Waals surface area contributed by atoms with Crippen molar-refractivity contribution in [1.82, 2.24) is 0 Å². The van der Waals surface area contributed by atoms with Gasteiger partial charge in [-0.1, -0.05) is 44.2 Å². The maximum atomic E-state index is 11.1. The Morgan fingerprint density at radius 2 is 1.82 bits per heavy atom. The summed E-state index contributed by atoms with van der Waals surface area (Å²) in [6.45, 7) is 6.41. The maximum Gasteiger partial charge on any atom is 0.276 e. The topological polar surface area (TPSA) is 52.4 Å². The van der Waals surface area contributed by atoms with Crippen molar-refractivity contribution in [3.05, 3.63) is 69.3 Å². The molecule has 4 nitrogen and oxygen atoms in total. The highest BCUT2D eigenvalue weighted by atomic mass is 16.6. The molecule has 0 radical (unpaired) electrons. The lowest BCUT2D eigenvalue weighted by molar-refractivity contribution is -0.385. The van der Waals surface area contributed by atoms with Crippen molar-refractivity contribution < 1.29 is 9.66 Å². The van der Waals surface area contributed by atoms with Crippen LogP contribution in [0.1, 0.15) is 30.5 Å². The van der Waals surface area contributed by atoms with Gasteiger partial charge in [0.2, 0.25) is 0 Å². The van der Waals surface area contributed by atoms with Gasteiger partial charge in [-0.25, -0.2) is 0 Å². The first-order valence-electron chi connectivity index (χ1n) is 7.42. The highest BCUT2D eigenvalue weighted by Gasteiger charge is 2.19. The molecule has 4 heteroatoms. The lowest BCUT2D eigenvalue weighted by Gasteiger charge is -2.16. The van der Waals surface area contributed by atoms with E-state index in [1.807, 2.05) is 36.4 Å². The summed E-state index contributed by atoms with van der Waals surface area (Å²) in [6, 6.07) is 13.2. The second kappa shape index (κ2) is 7.07. The van der Waals surface area contributed by atoms with E-state index in [9.17, 15) is 10.1 Å². The monoisotopic (exact) mass is 299 g/mol. The molecule has 2 aromatic rings. The van der Waals surface area contributed by atoms with E-state index < -0.39 is 0 Å². The predicted molar refractivity (Wildman–Crippen MR) is 87.1 cm³/mol. The molecule has 2 rings (SSSR count). The minimum absolute atomic E-state index is 0.107. The van der Waals surface area contributed by atoms with E-state index in [0.717, 1.165) is 17.5 Å². The first-order valence-corrected chi connectivity index (χ1v) is 7.42. The van der Waals surface area contributed by atoms with Gasteiger partial charge >= 0.3 is 0 Å². The van der Waals surface area contributed by atoms with Gasteiger partial charge in [-0.3, -0.25) is 10.1 Å². The van der Waals surface area contributed by atoms with Crippen LogP contribution in [-0.2, 0) is 13.0 Å². The predicted octanol–water partition coefficient (Wildman–Crippen LogP) is 4.68. The fraction of sp³-hybridized carbons (Fsp3) is 0.333. The number of hydrogen-bond donors (Lipinski definition) is 0. The van der Waals surface area contributed by atoms with Crippen LogP contribution in [0.5, 0.6) is 5.75 Å². The quantitative estimate of drug-likeness (QED) is 0.575. The van der Waals surface area contributed by atoms with Gasteiger partial charge in [0.25, 0.3) is 5.69 Å². The number of ether oxygens (including phenoxy) is 1. The molecule has 0 spiro atoms. The minimum Gasteiger partial charge on any atom is -0.488 e. The van der Waals surface area contributed by atoms with Crippen molar-refractivity contribution in [3.8, 4) is 5.75 Å². The normalized spacial score (nSPS) is 10.7. The van der Waals surface area contributed by atoms with E-state index in [-0.39, 0.29) is 10.6 Å². The molecule has 0 aromatic heterocycles. The Morgan fingerprint density at radius 3 is 2.41 bits per heavy atom. The molecule has 0 heterocycles. The Labute approximate surface area is 130 Å². The third-order valence-corrected chi connectivity index (χ3v) is 3.51. The average Bonchev–Trinajstić information content (AvgIpc) is 2.47. The molecule has 22 heavy (non-hydrogen) atoms. The number of nitro benzene ring substituents is 1. The maximum absolute atomic E-state index is 11.1. The molecule has 0 aliphatic rings. The fourth-order valence-corrected chi connectivity index (χ4v) is 2.47. The van der Waals surface area contributed by atoms with E-state index in [2.05, 4.69) is 13.8 Å². The molecule has 2 aromatic carbocycles. The largest absolute Gasteiger partial charge is 0.488 e. The van der Waals surface area contributed by atoms with Gasteiger partial charge < -0.3 is 4.74 Å².